The molecule has 3 saturated heterocycles. The molecule has 342 valence electrons. The molecule has 3 aliphatic heterocycles. The van der Waals surface area contributed by atoms with E-state index in [9.17, 15) is 31.2 Å². The van der Waals surface area contributed by atoms with Crippen LogP contribution >= 0.6 is 22.9 Å². The summed E-state index contributed by atoms with van der Waals surface area (Å²) in [7, 11) is -7.83. The summed E-state index contributed by atoms with van der Waals surface area (Å²) in [5.41, 5.74) is 0.375. The van der Waals surface area contributed by atoms with Crippen LogP contribution in [0.25, 0.3) is 21.6 Å². The molecule has 63 heavy (non-hydrogen) atoms. The lowest BCUT2D eigenvalue weighted by atomic mass is 9.91. The Hall–Kier alpha value is -3.72. The smallest absolute Gasteiger partial charge is 0.242 e. The number of carbonyl (C=O) groups is 3. The Kier molecular flexibility index (Phi) is 12.8. The number of hydrogen-bond donors (Lipinski definition) is 1. The molecule has 16 nitrogen and oxygen atoms in total. The van der Waals surface area contributed by atoms with Gasteiger partial charge in [-0.3, -0.25) is 24.0 Å². The van der Waals surface area contributed by atoms with Crippen LogP contribution < -0.4 is 14.2 Å². The molecule has 5 fully saturated rings. The standard InChI is InChI=1S/C43H55ClN6O10S3/c1-7-26-20-43(26,42(53)47-63(56,57)27-8-9-27)21-33(51)31-19-36(32-22-49(62(6,54)55)39(25(4)5)41(52)50(31)32)60-35-18-29(40-46-30(23-61-40)24(2)3)45-38-28(35)10-11-34(37(38)44)59-17-14-48-12-15-58-16-13-48/h7,10-11,18,23-27,31-32,36,39H,1,8-9,12-17,19-22H2,2-6H3,(H,47,53)/t26-,31+,32-,36-,39-,43-/m1/s1. The number of piperazine rings is 1. The fraction of sp³-hybridized carbons (Fsp3) is 0.605. The predicted molar refractivity (Wildman–Crippen MR) is 239 cm³/mol. The quantitative estimate of drug-likeness (QED) is 0.185. The Bertz CT molecular complexity index is 2530. The number of sulfonamides is 2. The van der Waals surface area contributed by atoms with Crippen LogP contribution in [0.15, 0.2) is 36.2 Å². The molecule has 0 spiro atoms. The number of thiazole rings is 1. The molecule has 6 atom stereocenters. The van der Waals surface area contributed by atoms with Crippen LogP contribution in [0.2, 0.25) is 5.02 Å². The average molecular weight is 948 g/mol. The Balaban J connectivity index is 1.15. The zero-order valence-corrected chi connectivity index (χ0v) is 39.3. The molecule has 2 saturated carbocycles. The van der Waals surface area contributed by atoms with Gasteiger partial charge in [-0.05, 0) is 49.1 Å². The third-order valence-corrected chi connectivity index (χ3v) is 17.3. The number of aromatic nitrogens is 2. The maximum Gasteiger partial charge on any atom is 0.242 e. The number of hydrogen-bond acceptors (Lipinski definition) is 14. The van der Waals surface area contributed by atoms with Crippen LogP contribution in [0, 0.1) is 17.3 Å². The summed E-state index contributed by atoms with van der Waals surface area (Å²) in [4.78, 5) is 56.6. The first kappa shape index (κ1) is 45.8. The maximum absolute atomic E-state index is 14.7. The molecular formula is C43H55ClN6O10S3. The summed E-state index contributed by atoms with van der Waals surface area (Å²) < 4.78 is 74.5. The minimum atomic E-state index is -3.93. The van der Waals surface area contributed by atoms with E-state index < -0.39 is 84.4 Å². The Morgan fingerprint density at radius 1 is 1.11 bits per heavy atom. The van der Waals surface area contributed by atoms with Crippen molar-refractivity contribution >= 4 is 71.5 Å². The van der Waals surface area contributed by atoms with E-state index in [1.807, 2.05) is 19.2 Å². The Morgan fingerprint density at radius 2 is 1.84 bits per heavy atom. The molecule has 1 aromatic carbocycles. The summed E-state index contributed by atoms with van der Waals surface area (Å²) in [6.45, 7) is 15.3. The number of ketones is 1. The summed E-state index contributed by atoms with van der Waals surface area (Å²) in [6.07, 6.45) is 2.44. The molecule has 2 amide bonds. The van der Waals surface area contributed by atoms with Crippen molar-refractivity contribution in [2.45, 2.75) is 95.2 Å². The SMILES string of the molecule is C=C[C@@H]1C[C@]1(CC(=O)[C@@H]1C[C@@H](Oc2cc(-c3nc(C(C)C)cs3)nc3c(Cl)c(OCCN4CCOCC4)ccc23)[C@H]2CN(S(C)(=O)=O)[C@H](C(C)C)C(=O)N21)C(=O)NS(=O)(=O)C1CC1. The Labute approximate surface area is 377 Å². The highest BCUT2D eigenvalue weighted by Gasteiger charge is 2.63. The van der Waals surface area contributed by atoms with Crippen LogP contribution in [0.5, 0.6) is 11.5 Å². The number of halogens is 1. The molecule has 20 heteroatoms. The van der Waals surface area contributed by atoms with Gasteiger partial charge in [0.1, 0.15) is 46.0 Å². The second-order valence-corrected chi connectivity index (χ2v) is 23.2. The van der Waals surface area contributed by atoms with Gasteiger partial charge in [0.05, 0.1) is 53.4 Å². The van der Waals surface area contributed by atoms with Crippen molar-refractivity contribution < 1.29 is 45.4 Å². The first-order valence-corrected chi connectivity index (χ1v) is 26.2. The van der Waals surface area contributed by atoms with Crippen LogP contribution in [-0.2, 0) is 39.2 Å². The molecule has 0 unspecified atom stereocenters. The van der Waals surface area contributed by atoms with Crippen LogP contribution in [0.1, 0.15) is 71.4 Å². The van der Waals surface area contributed by atoms with Gasteiger partial charge in [0.2, 0.25) is 31.9 Å². The van der Waals surface area contributed by atoms with Crippen LogP contribution in [-0.4, -0.2) is 140 Å². The number of allylic oxidation sites excluding steroid dienone is 1. The van der Waals surface area contributed by atoms with Crippen molar-refractivity contribution in [2.75, 3.05) is 52.3 Å². The van der Waals surface area contributed by atoms with Crippen LogP contribution in [0.4, 0.5) is 0 Å². The molecule has 0 bridgehead atoms. The fourth-order valence-electron chi connectivity index (χ4n) is 9.15. The summed E-state index contributed by atoms with van der Waals surface area (Å²) in [5, 5.41) is 2.71. The van der Waals surface area contributed by atoms with E-state index in [0.29, 0.717) is 72.3 Å². The molecule has 2 aromatic heterocycles. The number of benzene rings is 1. The van der Waals surface area contributed by atoms with E-state index in [1.165, 1.54) is 20.5 Å². The number of nitrogens with one attached hydrogen (secondary N) is 1. The number of carbonyl (C=O) groups excluding carboxylic acids is 3. The maximum atomic E-state index is 14.7. The lowest BCUT2D eigenvalue weighted by molar-refractivity contribution is -0.149. The monoisotopic (exact) mass is 946 g/mol. The van der Waals surface area contributed by atoms with E-state index in [4.69, 9.17) is 35.8 Å². The molecule has 0 radical (unpaired) electrons. The van der Waals surface area contributed by atoms with Gasteiger partial charge in [-0.25, -0.2) is 26.8 Å². The minimum absolute atomic E-state index is 0.0289. The van der Waals surface area contributed by atoms with Crippen LogP contribution in [0.3, 0.4) is 0 Å². The van der Waals surface area contributed by atoms with Crippen molar-refractivity contribution in [3.8, 4) is 22.2 Å². The number of pyridine rings is 1. The third-order valence-electron chi connectivity index (χ3n) is 13.0. The van der Waals surface area contributed by atoms with Gasteiger partial charge in [-0.1, -0.05) is 45.4 Å². The highest BCUT2D eigenvalue weighted by Crippen LogP contribution is 2.57. The van der Waals surface area contributed by atoms with E-state index in [1.54, 1.807) is 38.1 Å². The first-order chi connectivity index (χ1) is 29.8. The lowest BCUT2D eigenvalue weighted by Gasteiger charge is -2.45. The van der Waals surface area contributed by atoms with Crippen molar-refractivity contribution in [2.24, 2.45) is 17.3 Å². The van der Waals surface area contributed by atoms with Crippen molar-refractivity contribution in [3.05, 3.63) is 47.0 Å². The molecule has 1 N–H and O–H groups in total. The zero-order chi connectivity index (χ0) is 45.2. The van der Waals surface area contributed by atoms with Gasteiger partial charge in [-0.2, -0.15) is 4.31 Å². The number of nitrogens with zero attached hydrogens (tertiary/aromatic N) is 5. The van der Waals surface area contributed by atoms with E-state index in [0.717, 1.165) is 25.0 Å². The molecular weight excluding hydrogens is 892 g/mol. The van der Waals surface area contributed by atoms with Gasteiger partial charge in [0.15, 0.2) is 5.78 Å². The number of amides is 2. The summed E-state index contributed by atoms with van der Waals surface area (Å²) in [5.74, 6) is -1.76. The van der Waals surface area contributed by atoms with Gasteiger partial charge in [0, 0.05) is 55.9 Å². The minimum Gasteiger partial charge on any atom is -0.491 e. The average Bonchev–Trinajstić information content (AvgIpc) is 4.12. The van der Waals surface area contributed by atoms with E-state index in [2.05, 4.69) is 16.2 Å². The van der Waals surface area contributed by atoms with Gasteiger partial charge in [0.25, 0.3) is 0 Å². The molecule has 5 heterocycles. The summed E-state index contributed by atoms with van der Waals surface area (Å²) in [6, 6.07) is 2.16. The lowest BCUT2D eigenvalue weighted by Crippen LogP contribution is -2.66. The largest absolute Gasteiger partial charge is 0.491 e. The summed E-state index contributed by atoms with van der Waals surface area (Å²) >= 11 is 8.53. The molecule has 8 rings (SSSR count). The highest BCUT2D eigenvalue weighted by atomic mass is 35.5. The van der Waals surface area contributed by atoms with Crippen molar-refractivity contribution in [3.63, 3.8) is 0 Å². The second-order valence-electron chi connectivity index (χ2n) is 18.1. The Morgan fingerprint density at radius 3 is 2.46 bits per heavy atom. The van der Waals surface area contributed by atoms with E-state index in [-0.39, 0.29) is 36.7 Å². The normalized spacial score (nSPS) is 26.9. The van der Waals surface area contributed by atoms with Gasteiger partial charge < -0.3 is 19.1 Å². The topological polar surface area (TPSA) is 195 Å². The zero-order valence-electron chi connectivity index (χ0n) is 36.1. The third kappa shape index (κ3) is 9.12. The number of ether oxygens (including phenoxy) is 3. The predicted octanol–water partition coefficient (Wildman–Crippen LogP) is 4.62. The molecule has 5 aliphatic rings. The number of fused-ring (bicyclic) bond motifs is 2. The van der Waals surface area contributed by atoms with Gasteiger partial charge in [-0.15, -0.1) is 17.9 Å². The van der Waals surface area contributed by atoms with Crippen molar-refractivity contribution in [1.82, 2.24) is 28.8 Å². The second kappa shape index (κ2) is 17.6. The van der Waals surface area contributed by atoms with Crippen molar-refractivity contribution in [1.29, 1.82) is 0 Å². The number of morpholine rings is 1. The fourth-order valence-corrected chi connectivity index (χ4v) is 12.9. The first-order valence-electron chi connectivity index (χ1n) is 21.5. The van der Waals surface area contributed by atoms with Gasteiger partial charge >= 0.3 is 0 Å². The number of rotatable bonds is 17. The van der Waals surface area contributed by atoms with E-state index >= 15 is 0 Å². The molecule has 3 aromatic rings. The molecule has 2 aliphatic carbocycles. The highest BCUT2D eigenvalue weighted by molar-refractivity contribution is 7.91. The number of Topliss-reactive ketones (excluding diaryl/α,β-unsaturated/α-hetero) is 1.